The van der Waals surface area contributed by atoms with E-state index in [1.165, 1.54) is 12.0 Å². The van der Waals surface area contributed by atoms with Gasteiger partial charge in [0.25, 0.3) is 0 Å². The first kappa shape index (κ1) is 13.1. The van der Waals surface area contributed by atoms with E-state index in [2.05, 4.69) is 48.2 Å². The Morgan fingerprint density at radius 1 is 1.39 bits per heavy atom. The molecule has 1 heterocycles. The summed E-state index contributed by atoms with van der Waals surface area (Å²) in [7, 11) is 2.13. The van der Waals surface area contributed by atoms with Crippen LogP contribution in [0, 0.1) is 0 Å². The molecule has 2 aromatic rings. The average Bonchev–Trinajstić information content (AvgIpc) is 2.75. The highest BCUT2D eigenvalue weighted by atomic mass is 16.3. The first-order valence-corrected chi connectivity index (χ1v) is 6.39. The van der Waals surface area contributed by atoms with E-state index in [1.807, 2.05) is 6.07 Å². The Hall–Kier alpha value is -1.39. The van der Waals surface area contributed by atoms with Crippen molar-refractivity contribution < 1.29 is 4.42 Å². The van der Waals surface area contributed by atoms with Crippen molar-refractivity contribution in [2.24, 2.45) is 0 Å². The predicted molar refractivity (Wildman–Crippen MR) is 73.5 cm³/mol. The van der Waals surface area contributed by atoms with Gasteiger partial charge in [-0.15, -0.1) is 0 Å². The smallest absolute Gasteiger partial charge is 0.181 e. The topological polar surface area (TPSA) is 41.3 Å². The first-order valence-electron chi connectivity index (χ1n) is 6.39. The van der Waals surface area contributed by atoms with Gasteiger partial charge in [-0.05, 0) is 24.7 Å². The Morgan fingerprint density at radius 2 is 2.22 bits per heavy atom. The summed E-state index contributed by atoms with van der Waals surface area (Å²) in [6, 6.07) is 6.73. The van der Waals surface area contributed by atoms with Gasteiger partial charge in [-0.1, -0.05) is 19.9 Å². The zero-order chi connectivity index (χ0) is 13.0. The van der Waals surface area contributed by atoms with E-state index in [0.717, 1.165) is 30.7 Å². The number of benzene rings is 1. The SMILES string of the molecule is CC(C)NCCN(C)Cc1ccc2ncoc2c1. The summed E-state index contributed by atoms with van der Waals surface area (Å²) < 4.78 is 5.31. The van der Waals surface area contributed by atoms with Crippen LogP contribution in [0.15, 0.2) is 29.0 Å². The van der Waals surface area contributed by atoms with Gasteiger partial charge in [-0.2, -0.15) is 0 Å². The molecule has 18 heavy (non-hydrogen) atoms. The zero-order valence-corrected chi connectivity index (χ0v) is 11.3. The molecule has 98 valence electrons. The number of nitrogens with one attached hydrogen (secondary N) is 1. The van der Waals surface area contributed by atoms with E-state index in [-0.39, 0.29) is 0 Å². The molecule has 0 saturated heterocycles. The van der Waals surface area contributed by atoms with Gasteiger partial charge in [0.2, 0.25) is 0 Å². The molecular weight excluding hydrogens is 226 g/mol. The van der Waals surface area contributed by atoms with Crippen molar-refractivity contribution in [3.8, 4) is 0 Å². The van der Waals surface area contributed by atoms with Crippen molar-refractivity contribution in [1.82, 2.24) is 15.2 Å². The van der Waals surface area contributed by atoms with Crippen LogP contribution in [0.5, 0.6) is 0 Å². The van der Waals surface area contributed by atoms with Gasteiger partial charge < -0.3 is 14.6 Å². The molecule has 0 fully saturated rings. The molecule has 1 N–H and O–H groups in total. The van der Waals surface area contributed by atoms with Gasteiger partial charge >= 0.3 is 0 Å². The first-order chi connectivity index (χ1) is 8.65. The Bertz CT molecular complexity index is 492. The fourth-order valence-corrected chi connectivity index (χ4v) is 1.93. The van der Waals surface area contributed by atoms with Gasteiger partial charge in [-0.3, -0.25) is 0 Å². The highest BCUT2D eigenvalue weighted by Gasteiger charge is 2.04. The number of oxazole rings is 1. The van der Waals surface area contributed by atoms with Crippen LogP contribution in [-0.2, 0) is 6.54 Å². The van der Waals surface area contributed by atoms with Crippen molar-refractivity contribution in [1.29, 1.82) is 0 Å². The molecule has 4 nitrogen and oxygen atoms in total. The van der Waals surface area contributed by atoms with E-state index in [0.29, 0.717) is 6.04 Å². The van der Waals surface area contributed by atoms with Crippen LogP contribution in [-0.4, -0.2) is 36.1 Å². The lowest BCUT2D eigenvalue weighted by molar-refractivity contribution is 0.320. The number of aromatic nitrogens is 1. The lowest BCUT2D eigenvalue weighted by Gasteiger charge is -2.18. The van der Waals surface area contributed by atoms with Crippen molar-refractivity contribution in [2.75, 3.05) is 20.1 Å². The summed E-state index contributed by atoms with van der Waals surface area (Å²) in [5, 5.41) is 3.42. The number of likely N-dealkylation sites (N-methyl/N-ethyl adjacent to an activating group) is 1. The third-order valence-corrected chi connectivity index (χ3v) is 2.89. The second-order valence-electron chi connectivity index (χ2n) is 5.00. The fraction of sp³-hybridized carbons (Fsp3) is 0.500. The largest absolute Gasteiger partial charge is 0.443 e. The van der Waals surface area contributed by atoms with Crippen molar-refractivity contribution in [3.63, 3.8) is 0 Å². The summed E-state index contributed by atoms with van der Waals surface area (Å²) in [5.74, 6) is 0. The predicted octanol–water partition coefficient (Wildman–Crippen LogP) is 2.26. The Balaban J connectivity index is 1.87. The third kappa shape index (κ3) is 3.55. The number of nitrogens with zero attached hydrogens (tertiary/aromatic N) is 2. The van der Waals surface area contributed by atoms with Gasteiger partial charge in [0.15, 0.2) is 12.0 Å². The molecule has 0 unspecified atom stereocenters. The van der Waals surface area contributed by atoms with Gasteiger partial charge in [0, 0.05) is 25.7 Å². The lowest BCUT2D eigenvalue weighted by atomic mass is 10.2. The highest BCUT2D eigenvalue weighted by molar-refractivity contribution is 5.72. The maximum absolute atomic E-state index is 5.31. The number of fused-ring (bicyclic) bond motifs is 1. The third-order valence-electron chi connectivity index (χ3n) is 2.89. The maximum atomic E-state index is 5.31. The van der Waals surface area contributed by atoms with Gasteiger partial charge in [0.1, 0.15) is 5.52 Å². The molecule has 1 aromatic heterocycles. The molecule has 1 aromatic carbocycles. The normalized spacial score (nSPS) is 11.8. The van der Waals surface area contributed by atoms with E-state index >= 15 is 0 Å². The van der Waals surface area contributed by atoms with Crippen molar-refractivity contribution in [3.05, 3.63) is 30.2 Å². The van der Waals surface area contributed by atoms with Crippen LogP contribution in [0.2, 0.25) is 0 Å². The minimum Gasteiger partial charge on any atom is -0.443 e. The Morgan fingerprint density at radius 3 is 3.00 bits per heavy atom. The number of hydrogen-bond donors (Lipinski definition) is 1. The Labute approximate surface area is 108 Å². The molecule has 0 amide bonds. The summed E-state index contributed by atoms with van der Waals surface area (Å²) in [5.41, 5.74) is 3.04. The minimum absolute atomic E-state index is 0.545. The molecule has 0 saturated carbocycles. The van der Waals surface area contributed by atoms with Crippen LogP contribution in [0.1, 0.15) is 19.4 Å². The molecular formula is C14H21N3O. The molecule has 0 atom stereocenters. The van der Waals surface area contributed by atoms with Gasteiger partial charge in [-0.25, -0.2) is 4.98 Å². The summed E-state index contributed by atoms with van der Waals surface area (Å²) in [6.07, 6.45) is 1.49. The van der Waals surface area contributed by atoms with E-state index < -0.39 is 0 Å². The molecule has 0 aliphatic rings. The molecule has 2 rings (SSSR count). The minimum atomic E-state index is 0.545. The molecule has 0 spiro atoms. The van der Waals surface area contributed by atoms with Gasteiger partial charge in [0.05, 0.1) is 0 Å². The highest BCUT2D eigenvalue weighted by Crippen LogP contribution is 2.15. The van der Waals surface area contributed by atoms with Crippen LogP contribution in [0.4, 0.5) is 0 Å². The number of hydrogen-bond acceptors (Lipinski definition) is 4. The van der Waals surface area contributed by atoms with E-state index in [1.54, 1.807) is 0 Å². The van der Waals surface area contributed by atoms with Crippen LogP contribution in [0.25, 0.3) is 11.1 Å². The van der Waals surface area contributed by atoms with E-state index in [9.17, 15) is 0 Å². The van der Waals surface area contributed by atoms with Crippen LogP contribution >= 0.6 is 0 Å². The Kier molecular flexibility index (Phi) is 4.33. The average molecular weight is 247 g/mol. The van der Waals surface area contributed by atoms with Crippen LogP contribution < -0.4 is 5.32 Å². The summed E-state index contributed by atoms with van der Waals surface area (Å²) in [6.45, 7) is 7.30. The molecule has 0 bridgehead atoms. The second-order valence-corrected chi connectivity index (χ2v) is 5.00. The zero-order valence-electron chi connectivity index (χ0n) is 11.3. The maximum Gasteiger partial charge on any atom is 0.181 e. The quantitative estimate of drug-likeness (QED) is 0.850. The molecule has 0 aliphatic heterocycles. The molecule has 4 heteroatoms. The second kappa shape index (κ2) is 5.98. The fourth-order valence-electron chi connectivity index (χ4n) is 1.93. The monoisotopic (exact) mass is 247 g/mol. The van der Waals surface area contributed by atoms with Crippen LogP contribution in [0.3, 0.4) is 0 Å². The summed E-state index contributed by atoms with van der Waals surface area (Å²) >= 11 is 0. The van der Waals surface area contributed by atoms with Crippen molar-refractivity contribution in [2.45, 2.75) is 26.4 Å². The van der Waals surface area contributed by atoms with E-state index in [4.69, 9.17) is 4.42 Å². The standard InChI is InChI=1S/C14H21N3O/c1-11(2)15-6-7-17(3)9-12-4-5-13-14(8-12)18-10-16-13/h4-5,8,10-11,15H,6-7,9H2,1-3H3. The molecule has 0 radical (unpaired) electrons. The lowest BCUT2D eigenvalue weighted by Crippen LogP contribution is -2.32. The van der Waals surface area contributed by atoms with Crippen molar-refractivity contribution >= 4 is 11.1 Å². The summed E-state index contributed by atoms with van der Waals surface area (Å²) in [4.78, 5) is 6.42. The number of rotatable bonds is 6. The molecule has 0 aliphatic carbocycles.